The van der Waals surface area contributed by atoms with Crippen LogP contribution in [0.15, 0.2) is 0 Å². The van der Waals surface area contributed by atoms with Crippen molar-refractivity contribution in [2.24, 2.45) is 11.7 Å². The Morgan fingerprint density at radius 2 is 1.58 bits per heavy atom. The highest BCUT2D eigenvalue weighted by molar-refractivity contribution is 4.65. The third-order valence-corrected chi connectivity index (χ3v) is 2.06. The fourth-order valence-electron chi connectivity index (χ4n) is 1.42. The first-order valence-electron chi connectivity index (χ1n) is 4.41. The van der Waals surface area contributed by atoms with E-state index in [2.05, 4.69) is 12.8 Å². The van der Waals surface area contributed by atoms with Gasteiger partial charge in [0.1, 0.15) is 0 Å². The molecular formula is C10H21NO. The second kappa shape index (κ2) is 13.1. The lowest BCUT2D eigenvalue weighted by Crippen LogP contribution is -2.16. The molecule has 0 heterocycles. The van der Waals surface area contributed by atoms with Gasteiger partial charge in [-0.15, -0.1) is 12.8 Å². The molecule has 0 amide bonds. The van der Waals surface area contributed by atoms with Crippen molar-refractivity contribution in [3.8, 4) is 12.8 Å². The van der Waals surface area contributed by atoms with E-state index in [1.807, 2.05) is 0 Å². The average molecular weight is 171 g/mol. The summed E-state index contributed by atoms with van der Waals surface area (Å²) in [6, 6.07) is 0. The Morgan fingerprint density at radius 1 is 1.17 bits per heavy atom. The molecule has 0 spiro atoms. The zero-order valence-corrected chi connectivity index (χ0v) is 8.00. The second-order valence-electron chi connectivity index (χ2n) is 2.74. The number of hydrogen-bond donors (Lipinski definition) is 2. The minimum absolute atomic E-state index is 0.865. The van der Waals surface area contributed by atoms with E-state index in [9.17, 15) is 0 Å². The van der Waals surface area contributed by atoms with Crippen LogP contribution in [0.4, 0.5) is 0 Å². The summed E-state index contributed by atoms with van der Waals surface area (Å²) in [6.45, 7) is 0.917. The lowest BCUT2D eigenvalue weighted by molar-refractivity contribution is 0.366. The highest BCUT2D eigenvalue weighted by Crippen LogP contribution is 2.21. The molecule has 0 saturated heterocycles. The fraction of sp³-hybridized carbons (Fsp3) is 0.800. The average Bonchev–Trinajstić information content (AvgIpc) is 2.25. The highest BCUT2D eigenvalue weighted by Gasteiger charge is 2.09. The van der Waals surface area contributed by atoms with E-state index in [4.69, 9.17) is 10.8 Å². The van der Waals surface area contributed by atoms with Gasteiger partial charge in [0.15, 0.2) is 0 Å². The monoisotopic (exact) mass is 171 g/mol. The summed E-state index contributed by atoms with van der Waals surface area (Å²) in [6.07, 6.45) is 15.0. The molecule has 0 atom stereocenters. The van der Waals surface area contributed by atoms with Crippen LogP contribution < -0.4 is 5.73 Å². The maximum absolute atomic E-state index is 7.00. The van der Waals surface area contributed by atoms with Crippen molar-refractivity contribution in [1.82, 2.24) is 0 Å². The summed E-state index contributed by atoms with van der Waals surface area (Å²) in [5.41, 5.74) is 5.50. The van der Waals surface area contributed by atoms with Crippen molar-refractivity contribution in [2.45, 2.75) is 32.1 Å². The van der Waals surface area contributed by atoms with Gasteiger partial charge in [-0.1, -0.05) is 19.3 Å². The molecule has 3 N–H and O–H groups in total. The van der Waals surface area contributed by atoms with Crippen LogP contribution in [0, 0.1) is 18.8 Å². The molecule has 1 aliphatic rings. The molecule has 0 unspecified atom stereocenters. The first kappa shape index (κ1) is 14.0. The zero-order valence-electron chi connectivity index (χ0n) is 8.00. The van der Waals surface area contributed by atoms with Gasteiger partial charge in [0.2, 0.25) is 0 Å². The molecule has 0 radical (unpaired) electrons. The maximum atomic E-state index is 7.00. The molecule has 0 aliphatic heterocycles. The second-order valence-corrected chi connectivity index (χ2v) is 2.74. The first-order valence-corrected chi connectivity index (χ1v) is 4.41. The molecule has 0 bridgehead atoms. The Labute approximate surface area is 76.2 Å². The maximum Gasteiger partial charge on any atom is 0.0319 e. The van der Waals surface area contributed by atoms with Crippen molar-refractivity contribution in [1.29, 1.82) is 0 Å². The molecule has 0 aromatic carbocycles. The largest absolute Gasteiger partial charge is 0.400 e. The van der Waals surface area contributed by atoms with Crippen molar-refractivity contribution in [3.63, 3.8) is 0 Å². The van der Waals surface area contributed by atoms with Crippen molar-refractivity contribution in [2.75, 3.05) is 13.7 Å². The Hall–Kier alpha value is -0.520. The van der Waals surface area contributed by atoms with Crippen LogP contribution in [-0.4, -0.2) is 18.8 Å². The van der Waals surface area contributed by atoms with Crippen LogP contribution >= 0.6 is 0 Å². The molecule has 2 heteroatoms. The first-order chi connectivity index (χ1) is 5.93. The molecular weight excluding hydrogens is 150 g/mol. The smallest absolute Gasteiger partial charge is 0.0319 e. The Kier molecular flexibility index (Phi) is 15.3. The van der Waals surface area contributed by atoms with E-state index in [0.717, 1.165) is 19.6 Å². The van der Waals surface area contributed by atoms with E-state index < -0.39 is 0 Å². The van der Waals surface area contributed by atoms with Gasteiger partial charge in [-0.25, -0.2) is 0 Å². The normalized spacial score (nSPS) is 16.4. The molecule has 2 nitrogen and oxygen atoms in total. The summed E-state index contributed by atoms with van der Waals surface area (Å²) in [4.78, 5) is 0. The number of terminal acetylenes is 1. The number of rotatable bonds is 1. The summed E-state index contributed by atoms with van der Waals surface area (Å²) >= 11 is 0. The van der Waals surface area contributed by atoms with E-state index >= 15 is 0 Å². The molecule has 1 rings (SSSR count). The fourth-order valence-corrected chi connectivity index (χ4v) is 1.42. The van der Waals surface area contributed by atoms with Gasteiger partial charge in [0.25, 0.3) is 0 Å². The SMILES string of the molecule is C#C.CO.NCC1CCCCC1. The lowest BCUT2D eigenvalue weighted by Gasteiger charge is -2.18. The topological polar surface area (TPSA) is 46.2 Å². The molecule has 1 aliphatic carbocycles. The standard InChI is InChI=1S/C7H15N.C2H2.CH4O/c8-6-7-4-2-1-3-5-7;2*1-2/h7H,1-6,8H2;1-2H;2H,1H3. The minimum Gasteiger partial charge on any atom is -0.400 e. The third kappa shape index (κ3) is 7.59. The zero-order chi connectivity index (χ0) is 9.82. The van der Waals surface area contributed by atoms with Gasteiger partial charge >= 0.3 is 0 Å². The van der Waals surface area contributed by atoms with E-state index in [-0.39, 0.29) is 0 Å². The molecule has 1 fully saturated rings. The lowest BCUT2D eigenvalue weighted by atomic mass is 9.90. The summed E-state index contributed by atoms with van der Waals surface area (Å²) < 4.78 is 0. The summed E-state index contributed by atoms with van der Waals surface area (Å²) in [5.74, 6) is 0.865. The van der Waals surface area contributed by atoms with Gasteiger partial charge in [0, 0.05) is 7.11 Å². The molecule has 12 heavy (non-hydrogen) atoms. The highest BCUT2D eigenvalue weighted by atomic mass is 16.2. The van der Waals surface area contributed by atoms with E-state index in [1.165, 1.54) is 32.1 Å². The van der Waals surface area contributed by atoms with Crippen LogP contribution in [0.1, 0.15) is 32.1 Å². The number of aliphatic hydroxyl groups excluding tert-OH is 1. The van der Waals surface area contributed by atoms with Crippen molar-refractivity contribution < 1.29 is 5.11 Å². The van der Waals surface area contributed by atoms with Crippen LogP contribution in [0.25, 0.3) is 0 Å². The van der Waals surface area contributed by atoms with E-state index in [0.29, 0.717) is 0 Å². The van der Waals surface area contributed by atoms with Crippen LogP contribution in [0.2, 0.25) is 0 Å². The Balaban J connectivity index is 0. The summed E-state index contributed by atoms with van der Waals surface area (Å²) in [5, 5.41) is 7.00. The van der Waals surface area contributed by atoms with E-state index in [1.54, 1.807) is 0 Å². The number of aliphatic hydroxyl groups is 1. The molecule has 0 aromatic heterocycles. The van der Waals surface area contributed by atoms with Gasteiger partial charge in [0.05, 0.1) is 0 Å². The quantitative estimate of drug-likeness (QED) is 0.585. The van der Waals surface area contributed by atoms with Crippen LogP contribution in [0.3, 0.4) is 0 Å². The number of nitrogens with two attached hydrogens (primary N) is 1. The van der Waals surface area contributed by atoms with Gasteiger partial charge in [-0.3, -0.25) is 0 Å². The summed E-state index contributed by atoms with van der Waals surface area (Å²) in [7, 11) is 1.00. The number of hydrogen-bond acceptors (Lipinski definition) is 2. The van der Waals surface area contributed by atoms with Gasteiger partial charge in [-0.2, -0.15) is 0 Å². The Morgan fingerprint density at radius 3 is 1.83 bits per heavy atom. The molecule has 1 saturated carbocycles. The Bertz CT molecular complexity index is 85.1. The third-order valence-electron chi connectivity index (χ3n) is 2.06. The van der Waals surface area contributed by atoms with Crippen molar-refractivity contribution in [3.05, 3.63) is 0 Å². The van der Waals surface area contributed by atoms with Crippen molar-refractivity contribution >= 4 is 0 Å². The van der Waals surface area contributed by atoms with Gasteiger partial charge in [-0.05, 0) is 25.3 Å². The predicted octanol–water partition coefficient (Wildman–Crippen LogP) is 1.38. The van der Waals surface area contributed by atoms with Gasteiger partial charge < -0.3 is 10.8 Å². The predicted molar refractivity (Wildman–Crippen MR) is 53.7 cm³/mol. The molecule has 0 aromatic rings. The van der Waals surface area contributed by atoms with Crippen LogP contribution in [-0.2, 0) is 0 Å². The minimum atomic E-state index is 0.865. The van der Waals surface area contributed by atoms with Crippen LogP contribution in [0.5, 0.6) is 0 Å². The molecule has 72 valence electrons.